The molecule has 4 nitrogen and oxygen atoms in total. The van der Waals surface area contributed by atoms with Crippen LogP contribution in [0, 0.1) is 0 Å². The van der Waals surface area contributed by atoms with Crippen molar-refractivity contribution in [2.75, 3.05) is 25.5 Å². The van der Waals surface area contributed by atoms with E-state index in [1.165, 1.54) is 18.4 Å². The number of rotatable bonds is 4. The van der Waals surface area contributed by atoms with Crippen LogP contribution in [0.5, 0.6) is 0 Å². The Bertz CT molecular complexity index is 439. The molecule has 1 aromatic carbocycles. The quantitative estimate of drug-likeness (QED) is 0.885. The number of anilines is 1. The predicted molar refractivity (Wildman–Crippen MR) is 82.7 cm³/mol. The van der Waals surface area contributed by atoms with Gasteiger partial charge in [0.25, 0.3) is 0 Å². The average Bonchev–Trinajstić information content (AvgIpc) is 2.69. The molecular formula is C16H25N3O. The molecule has 1 aliphatic heterocycles. The molecule has 1 saturated heterocycles. The maximum absolute atomic E-state index is 11.4. The molecule has 0 spiro atoms. The molecule has 0 bridgehead atoms. The summed E-state index contributed by atoms with van der Waals surface area (Å²) in [7, 11) is 1.84. The molecule has 1 amide bonds. The minimum atomic E-state index is 0.0958. The molecule has 1 atom stereocenters. The summed E-state index contributed by atoms with van der Waals surface area (Å²) in [6.07, 6.45) is 3.56. The van der Waals surface area contributed by atoms with E-state index in [0.29, 0.717) is 12.6 Å². The number of carbonyl (C=O) groups is 1. The Kier molecular flexibility index (Phi) is 5.41. The van der Waals surface area contributed by atoms with Gasteiger partial charge in [0.15, 0.2) is 0 Å². The van der Waals surface area contributed by atoms with Gasteiger partial charge in [-0.25, -0.2) is 0 Å². The first-order chi connectivity index (χ1) is 9.66. The van der Waals surface area contributed by atoms with Gasteiger partial charge in [-0.3, -0.25) is 4.79 Å². The first-order valence-electron chi connectivity index (χ1n) is 7.43. The van der Waals surface area contributed by atoms with Gasteiger partial charge in [0, 0.05) is 32.2 Å². The van der Waals surface area contributed by atoms with Gasteiger partial charge in [0.2, 0.25) is 5.91 Å². The second kappa shape index (κ2) is 7.29. The predicted octanol–water partition coefficient (Wildman–Crippen LogP) is 2.22. The molecule has 0 radical (unpaired) electrons. The van der Waals surface area contributed by atoms with Crippen molar-refractivity contribution in [2.24, 2.45) is 0 Å². The number of benzene rings is 1. The summed E-state index contributed by atoms with van der Waals surface area (Å²) >= 11 is 0. The van der Waals surface area contributed by atoms with Crippen molar-refractivity contribution >= 4 is 11.6 Å². The van der Waals surface area contributed by atoms with Crippen molar-refractivity contribution in [2.45, 2.75) is 38.8 Å². The lowest BCUT2D eigenvalue weighted by Crippen LogP contribution is -2.25. The minimum Gasteiger partial charge on any atom is -0.382 e. The van der Waals surface area contributed by atoms with Gasteiger partial charge in [-0.05, 0) is 44.0 Å². The van der Waals surface area contributed by atoms with Crippen molar-refractivity contribution in [1.29, 1.82) is 0 Å². The Labute approximate surface area is 121 Å². The standard InChI is InChI=1S/C16H25N3O/c1-13(20)19(2)12-14-6-3-4-8-16(14)18-15-7-5-10-17-11-9-15/h3-4,6,8,15,17-18H,5,7,9-12H2,1-2H3. The van der Waals surface area contributed by atoms with Crippen LogP contribution in [0.15, 0.2) is 24.3 Å². The second-order valence-electron chi connectivity index (χ2n) is 5.55. The largest absolute Gasteiger partial charge is 0.382 e. The summed E-state index contributed by atoms with van der Waals surface area (Å²) in [5.41, 5.74) is 2.34. The molecule has 2 N–H and O–H groups in total. The van der Waals surface area contributed by atoms with Gasteiger partial charge in [0.05, 0.1) is 0 Å². The summed E-state index contributed by atoms with van der Waals surface area (Å²) in [4.78, 5) is 13.1. The fourth-order valence-corrected chi connectivity index (χ4v) is 2.55. The third-order valence-corrected chi connectivity index (χ3v) is 3.90. The molecule has 2 rings (SSSR count). The summed E-state index contributed by atoms with van der Waals surface area (Å²) in [6, 6.07) is 8.81. The lowest BCUT2D eigenvalue weighted by atomic mass is 10.1. The zero-order chi connectivity index (χ0) is 14.4. The molecule has 0 aliphatic carbocycles. The third-order valence-electron chi connectivity index (χ3n) is 3.90. The van der Waals surface area contributed by atoms with E-state index in [-0.39, 0.29) is 5.91 Å². The van der Waals surface area contributed by atoms with Crippen LogP contribution >= 0.6 is 0 Å². The van der Waals surface area contributed by atoms with Crippen molar-refractivity contribution in [3.63, 3.8) is 0 Å². The molecule has 4 heteroatoms. The van der Waals surface area contributed by atoms with Gasteiger partial charge in [-0.2, -0.15) is 0 Å². The monoisotopic (exact) mass is 275 g/mol. The third kappa shape index (κ3) is 4.23. The number of nitrogens with one attached hydrogen (secondary N) is 2. The highest BCUT2D eigenvalue weighted by Crippen LogP contribution is 2.20. The number of para-hydroxylation sites is 1. The molecule has 1 aliphatic rings. The van der Waals surface area contributed by atoms with Crippen LogP contribution in [0.4, 0.5) is 5.69 Å². The van der Waals surface area contributed by atoms with Gasteiger partial charge < -0.3 is 15.5 Å². The van der Waals surface area contributed by atoms with Crippen LogP contribution in [0.1, 0.15) is 31.7 Å². The maximum Gasteiger partial charge on any atom is 0.219 e. The first kappa shape index (κ1) is 14.9. The topological polar surface area (TPSA) is 44.4 Å². The van der Waals surface area contributed by atoms with Crippen LogP contribution in [0.25, 0.3) is 0 Å². The summed E-state index contributed by atoms with van der Waals surface area (Å²) in [5.74, 6) is 0.0958. The van der Waals surface area contributed by atoms with Crippen LogP contribution in [0.2, 0.25) is 0 Å². The summed E-state index contributed by atoms with van der Waals surface area (Å²) in [5, 5.41) is 7.09. The van der Waals surface area contributed by atoms with Gasteiger partial charge in [-0.1, -0.05) is 18.2 Å². The molecule has 20 heavy (non-hydrogen) atoms. The number of hydrogen-bond donors (Lipinski definition) is 2. The smallest absolute Gasteiger partial charge is 0.219 e. The van der Waals surface area contributed by atoms with Gasteiger partial charge in [-0.15, -0.1) is 0 Å². The number of carbonyl (C=O) groups excluding carboxylic acids is 1. The zero-order valence-electron chi connectivity index (χ0n) is 12.5. The van der Waals surface area contributed by atoms with E-state index < -0.39 is 0 Å². The van der Waals surface area contributed by atoms with Crippen LogP contribution in [0.3, 0.4) is 0 Å². The fourth-order valence-electron chi connectivity index (χ4n) is 2.55. The van der Waals surface area contributed by atoms with Crippen molar-refractivity contribution in [1.82, 2.24) is 10.2 Å². The zero-order valence-corrected chi connectivity index (χ0v) is 12.5. The van der Waals surface area contributed by atoms with E-state index >= 15 is 0 Å². The Balaban J connectivity index is 2.04. The van der Waals surface area contributed by atoms with Crippen LogP contribution < -0.4 is 10.6 Å². The van der Waals surface area contributed by atoms with Crippen molar-refractivity contribution in [3.8, 4) is 0 Å². The Morgan fingerprint density at radius 3 is 2.95 bits per heavy atom. The normalized spacial score (nSPS) is 19.2. The highest BCUT2D eigenvalue weighted by atomic mass is 16.2. The van der Waals surface area contributed by atoms with Crippen LogP contribution in [-0.2, 0) is 11.3 Å². The lowest BCUT2D eigenvalue weighted by molar-refractivity contribution is -0.128. The highest BCUT2D eigenvalue weighted by Gasteiger charge is 2.14. The molecule has 1 heterocycles. The molecule has 110 valence electrons. The van der Waals surface area contributed by atoms with E-state index in [1.807, 2.05) is 13.1 Å². The average molecular weight is 275 g/mol. The van der Waals surface area contributed by atoms with Gasteiger partial charge >= 0.3 is 0 Å². The highest BCUT2D eigenvalue weighted by molar-refractivity contribution is 5.73. The second-order valence-corrected chi connectivity index (χ2v) is 5.55. The van der Waals surface area contributed by atoms with Crippen molar-refractivity contribution < 1.29 is 4.79 Å². The lowest BCUT2D eigenvalue weighted by Gasteiger charge is -2.22. The Morgan fingerprint density at radius 2 is 2.15 bits per heavy atom. The molecule has 1 unspecified atom stereocenters. The van der Waals surface area contributed by atoms with Gasteiger partial charge in [0.1, 0.15) is 0 Å². The van der Waals surface area contributed by atoms with E-state index in [4.69, 9.17) is 0 Å². The van der Waals surface area contributed by atoms with E-state index in [0.717, 1.165) is 25.2 Å². The number of hydrogen-bond acceptors (Lipinski definition) is 3. The fraction of sp³-hybridized carbons (Fsp3) is 0.562. The van der Waals surface area contributed by atoms with E-state index in [9.17, 15) is 4.79 Å². The molecule has 1 aromatic rings. The first-order valence-corrected chi connectivity index (χ1v) is 7.43. The number of nitrogens with zero attached hydrogens (tertiary/aromatic N) is 1. The number of amides is 1. The maximum atomic E-state index is 11.4. The van der Waals surface area contributed by atoms with Crippen molar-refractivity contribution in [3.05, 3.63) is 29.8 Å². The van der Waals surface area contributed by atoms with E-state index in [1.54, 1.807) is 11.8 Å². The summed E-state index contributed by atoms with van der Waals surface area (Å²) in [6.45, 7) is 4.45. The Hall–Kier alpha value is -1.55. The Morgan fingerprint density at radius 1 is 1.35 bits per heavy atom. The minimum absolute atomic E-state index is 0.0958. The molecular weight excluding hydrogens is 250 g/mol. The molecule has 1 fully saturated rings. The molecule has 0 saturated carbocycles. The summed E-state index contributed by atoms with van der Waals surface area (Å²) < 4.78 is 0. The molecule has 0 aromatic heterocycles. The SMILES string of the molecule is CC(=O)N(C)Cc1ccccc1NC1CCCNCC1. The van der Waals surface area contributed by atoms with Crippen LogP contribution in [-0.4, -0.2) is 37.0 Å². The van der Waals surface area contributed by atoms with E-state index in [2.05, 4.69) is 28.8 Å².